The van der Waals surface area contributed by atoms with Gasteiger partial charge in [0.05, 0.1) is 9.58 Å². The zero-order chi connectivity index (χ0) is 18.5. The van der Waals surface area contributed by atoms with Crippen LogP contribution in [0.4, 0.5) is 0 Å². The molecule has 1 N–H and O–H groups in total. The van der Waals surface area contributed by atoms with Gasteiger partial charge in [-0.2, -0.15) is 4.98 Å². The number of rotatable bonds is 5. The van der Waals surface area contributed by atoms with Gasteiger partial charge in [-0.1, -0.05) is 37.2 Å². The standard InChI is InChI=1S/C20H19N3O2S2/c1-10(2)16(20-22-18(23-25-20)11-7-8-11)21-19(24)15-9-14-17(27-15)12-5-3-4-6-13(12)26-14/h3-6,9-11,16H,7-8H2,1-2H3,(H,21,24). The second-order valence-electron chi connectivity index (χ2n) is 7.36. The fraction of sp³-hybridized carbons (Fsp3) is 0.350. The van der Waals surface area contributed by atoms with E-state index in [1.807, 2.05) is 32.0 Å². The number of nitrogens with zero attached hydrogens (tertiary/aromatic N) is 2. The molecule has 27 heavy (non-hydrogen) atoms. The largest absolute Gasteiger partial charge is 0.339 e. The number of fused-ring (bicyclic) bond motifs is 3. The molecule has 3 heterocycles. The van der Waals surface area contributed by atoms with E-state index in [4.69, 9.17) is 4.52 Å². The lowest BCUT2D eigenvalue weighted by Gasteiger charge is -2.17. The van der Waals surface area contributed by atoms with E-state index in [1.165, 1.54) is 14.8 Å². The van der Waals surface area contributed by atoms with Crippen LogP contribution >= 0.6 is 22.7 Å². The minimum atomic E-state index is -0.283. The smallest absolute Gasteiger partial charge is 0.262 e. The van der Waals surface area contributed by atoms with Gasteiger partial charge < -0.3 is 9.84 Å². The summed E-state index contributed by atoms with van der Waals surface area (Å²) in [5.74, 6) is 1.78. The van der Waals surface area contributed by atoms with Gasteiger partial charge in [-0.3, -0.25) is 4.79 Å². The van der Waals surface area contributed by atoms with Gasteiger partial charge in [0.15, 0.2) is 5.82 Å². The maximum Gasteiger partial charge on any atom is 0.262 e. The molecule has 0 bridgehead atoms. The quantitative estimate of drug-likeness (QED) is 0.482. The summed E-state index contributed by atoms with van der Waals surface area (Å²) in [6.45, 7) is 4.10. The SMILES string of the molecule is CC(C)C(NC(=O)c1cc2sc3ccccc3c2s1)c1nc(C2CC2)no1. The van der Waals surface area contributed by atoms with Crippen molar-refractivity contribution < 1.29 is 9.32 Å². The van der Waals surface area contributed by atoms with Crippen molar-refractivity contribution in [2.24, 2.45) is 5.92 Å². The predicted molar refractivity (Wildman–Crippen MR) is 109 cm³/mol. The number of thiophene rings is 2. The Bertz CT molecular complexity index is 1140. The molecule has 1 fully saturated rings. The first-order chi connectivity index (χ1) is 13.1. The molecule has 1 atom stereocenters. The van der Waals surface area contributed by atoms with E-state index in [0.29, 0.717) is 11.8 Å². The van der Waals surface area contributed by atoms with Crippen LogP contribution in [0.15, 0.2) is 34.9 Å². The van der Waals surface area contributed by atoms with Crippen LogP contribution in [-0.4, -0.2) is 16.0 Å². The van der Waals surface area contributed by atoms with Gasteiger partial charge in [0, 0.05) is 20.7 Å². The van der Waals surface area contributed by atoms with E-state index >= 15 is 0 Å². The predicted octanol–water partition coefficient (Wildman–Crippen LogP) is 5.50. The molecule has 0 saturated heterocycles. The molecule has 1 aliphatic rings. The Hall–Kier alpha value is -2.25. The fourth-order valence-corrected chi connectivity index (χ4v) is 5.65. The van der Waals surface area contributed by atoms with E-state index < -0.39 is 0 Å². The third kappa shape index (κ3) is 3.04. The van der Waals surface area contributed by atoms with E-state index in [2.05, 4.69) is 27.6 Å². The molecule has 5 rings (SSSR count). The lowest BCUT2D eigenvalue weighted by Crippen LogP contribution is -2.31. The maximum atomic E-state index is 12.9. The summed E-state index contributed by atoms with van der Waals surface area (Å²) in [6.07, 6.45) is 2.25. The molecule has 1 saturated carbocycles. The summed E-state index contributed by atoms with van der Waals surface area (Å²) < 4.78 is 9.04. The highest BCUT2D eigenvalue weighted by Gasteiger charge is 2.32. The first kappa shape index (κ1) is 16.9. The van der Waals surface area contributed by atoms with Gasteiger partial charge in [0.25, 0.3) is 5.91 Å². The van der Waals surface area contributed by atoms with Crippen molar-refractivity contribution in [1.82, 2.24) is 15.5 Å². The first-order valence-electron chi connectivity index (χ1n) is 9.15. The molecule has 5 nitrogen and oxygen atoms in total. The number of hydrogen-bond donors (Lipinski definition) is 1. The lowest BCUT2D eigenvalue weighted by atomic mass is 10.0. The molecule has 1 amide bonds. The minimum Gasteiger partial charge on any atom is -0.339 e. The number of carbonyl (C=O) groups excluding carboxylic acids is 1. The van der Waals surface area contributed by atoms with Crippen molar-refractivity contribution in [1.29, 1.82) is 0 Å². The Morgan fingerprint density at radius 3 is 2.81 bits per heavy atom. The molecule has 0 aliphatic heterocycles. The summed E-state index contributed by atoms with van der Waals surface area (Å²) in [5, 5.41) is 8.41. The third-order valence-electron chi connectivity index (χ3n) is 4.89. The second kappa shape index (κ2) is 6.42. The Morgan fingerprint density at radius 2 is 2.04 bits per heavy atom. The average molecular weight is 398 g/mol. The topological polar surface area (TPSA) is 68.0 Å². The number of hydrogen-bond acceptors (Lipinski definition) is 6. The zero-order valence-corrected chi connectivity index (χ0v) is 16.7. The highest BCUT2D eigenvalue weighted by molar-refractivity contribution is 7.33. The number of aromatic nitrogens is 2. The van der Waals surface area contributed by atoms with Gasteiger partial charge in [-0.25, -0.2) is 0 Å². The van der Waals surface area contributed by atoms with Crippen LogP contribution in [0.25, 0.3) is 19.5 Å². The summed E-state index contributed by atoms with van der Waals surface area (Å²) in [4.78, 5) is 18.1. The van der Waals surface area contributed by atoms with Crippen LogP contribution in [0.1, 0.15) is 60.0 Å². The number of carbonyl (C=O) groups is 1. The van der Waals surface area contributed by atoms with Gasteiger partial charge in [-0.15, -0.1) is 22.7 Å². The summed E-state index contributed by atoms with van der Waals surface area (Å²) in [5.41, 5.74) is 0. The highest BCUT2D eigenvalue weighted by atomic mass is 32.1. The van der Waals surface area contributed by atoms with Crippen LogP contribution in [0, 0.1) is 5.92 Å². The van der Waals surface area contributed by atoms with Gasteiger partial charge >= 0.3 is 0 Å². The molecule has 138 valence electrons. The lowest BCUT2D eigenvalue weighted by molar-refractivity contribution is 0.0918. The summed E-state index contributed by atoms with van der Waals surface area (Å²) in [6, 6.07) is 10.0. The van der Waals surface area contributed by atoms with E-state index in [-0.39, 0.29) is 17.9 Å². The monoisotopic (exact) mass is 397 g/mol. The Kier molecular flexibility index (Phi) is 4.02. The van der Waals surface area contributed by atoms with Crippen LogP contribution in [-0.2, 0) is 0 Å². The molecule has 4 aromatic rings. The van der Waals surface area contributed by atoms with Crippen molar-refractivity contribution in [3.8, 4) is 0 Å². The van der Waals surface area contributed by atoms with Crippen LogP contribution < -0.4 is 5.32 Å². The normalized spacial score (nSPS) is 15.7. The number of amides is 1. The fourth-order valence-electron chi connectivity index (χ4n) is 3.22. The average Bonchev–Trinajstić information content (AvgIpc) is 3.10. The molecule has 1 aliphatic carbocycles. The third-order valence-corrected chi connectivity index (χ3v) is 7.31. The van der Waals surface area contributed by atoms with E-state index in [9.17, 15) is 4.79 Å². The van der Waals surface area contributed by atoms with Crippen molar-refractivity contribution >= 4 is 48.1 Å². The summed E-state index contributed by atoms with van der Waals surface area (Å²) in [7, 11) is 0. The Labute approximate surface area is 164 Å². The van der Waals surface area contributed by atoms with Crippen LogP contribution in [0.2, 0.25) is 0 Å². The van der Waals surface area contributed by atoms with Crippen molar-refractivity contribution in [3.05, 3.63) is 46.9 Å². The number of benzene rings is 1. The van der Waals surface area contributed by atoms with E-state index in [1.54, 1.807) is 22.7 Å². The molecular weight excluding hydrogens is 378 g/mol. The maximum absolute atomic E-state index is 12.9. The van der Waals surface area contributed by atoms with Crippen molar-refractivity contribution in [2.45, 2.75) is 38.6 Å². The molecule has 7 heteroatoms. The molecule has 1 aromatic carbocycles. The molecule has 3 aromatic heterocycles. The van der Waals surface area contributed by atoms with Gasteiger partial charge in [0.2, 0.25) is 5.89 Å². The molecule has 0 radical (unpaired) electrons. The molecule has 1 unspecified atom stereocenters. The Morgan fingerprint density at radius 1 is 1.22 bits per heavy atom. The van der Waals surface area contributed by atoms with Gasteiger partial charge in [0.1, 0.15) is 6.04 Å². The zero-order valence-electron chi connectivity index (χ0n) is 15.1. The summed E-state index contributed by atoms with van der Waals surface area (Å²) >= 11 is 3.27. The van der Waals surface area contributed by atoms with Crippen molar-refractivity contribution in [2.75, 3.05) is 0 Å². The number of nitrogens with one attached hydrogen (secondary N) is 1. The Balaban J connectivity index is 1.42. The molecular formula is C20H19N3O2S2. The first-order valence-corrected chi connectivity index (χ1v) is 10.8. The molecule has 0 spiro atoms. The highest BCUT2D eigenvalue weighted by Crippen LogP contribution is 2.40. The van der Waals surface area contributed by atoms with E-state index in [0.717, 1.165) is 28.2 Å². The van der Waals surface area contributed by atoms with Gasteiger partial charge in [-0.05, 0) is 30.9 Å². The van der Waals surface area contributed by atoms with Crippen molar-refractivity contribution in [3.63, 3.8) is 0 Å². The second-order valence-corrected chi connectivity index (χ2v) is 9.50. The van der Waals surface area contributed by atoms with Crippen LogP contribution in [0.5, 0.6) is 0 Å². The minimum absolute atomic E-state index is 0.0858. The van der Waals surface area contributed by atoms with Crippen LogP contribution in [0.3, 0.4) is 0 Å².